The zero-order valence-electron chi connectivity index (χ0n) is 15.9. The van der Waals surface area contributed by atoms with E-state index in [1.54, 1.807) is 20.3 Å². The van der Waals surface area contributed by atoms with Crippen LogP contribution < -0.4 is 9.47 Å². The van der Waals surface area contributed by atoms with Crippen LogP contribution in [0.1, 0.15) is 18.4 Å². The van der Waals surface area contributed by atoms with Crippen LogP contribution in [-0.2, 0) is 16.0 Å². The third kappa shape index (κ3) is 6.61. The number of nitrogens with zero attached hydrogens (tertiary/aromatic N) is 1. The maximum Gasteiger partial charge on any atom is 0.161 e. The maximum atomic E-state index is 10.3. The molecule has 1 heterocycles. The molecule has 0 spiro atoms. The first-order valence-corrected chi connectivity index (χ1v) is 9.07. The lowest BCUT2D eigenvalue weighted by Gasteiger charge is -2.27. The second-order valence-corrected chi connectivity index (χ2v) is 6.50. The summed E-state index contributed by atoms with van der Waals surface area (Å²) in [6.07, 6.45) is 3.50. The second-order valence-electron chi connectivity index (χ2n) is 6.50. The lowest BCUT2D eigenvalue weighted by molar-refractivity contribution is 0.00855. The Morgan fingerprint density at radius 1 is 1.35 bits per heavy atom. The Bertz CT molecular complexity index is 545. The molecule has 0 aliphatic carbocycles. The summed E-state index contributed by atoms with van der Waals surface area (Å²) < 4.78 is 21.8. The number of benzene rings is 1. The van der Waals surface area contributed by atoms with Crippen LogP contribution in [0, 0.1) is 0 Å². The Morgan fingerprint density at radius 2 is 2.15 bits per heavy atom. The molecule has 2 atom stereocenters. The molecule has 1 aliphatic rings. The summed E-state index contributed by atoms with van der Waals surface area (Å²) in [6.45, 7) is 7.17. The normalized spacial score (nSPS) is 18.1. The first-order chi connectivity index (χ1) is 12.7. The van der Waals surface area contributed by atoms with E-state index >= 15 is 0 Å². The zero-order valence-corrected chi connectivity index (χ0v) is 15.9. The molecular weight excluding hydrogens is 334 g/mol. The Hall–Kier alpha value is -1.60. The highest BCUT2D eigenvalue weighted by atomic mass is 16.5. The minimum Gasteiger partial charge on any atom is -0.493 e. The van der Waals surface area contributed by atoms with Crippen LogP contribution in [0.5, 0.6) is 11.5 Å². The molecule has 1 aromatic carbocycles. The van der Waals surface area contributed by atoms with Gasteiger partial charge in [-0.2, -0.15) is 0 Å². The number of hydrogen-bond acceptors (Lipinski definition) is 6. The van der Waals surface area contributed by atoms with E-state index in [4.69, 9.17) is 18.9 Å². The Labute approximate surface area is 156 Å². The predicted molar refractivity (Wildman–Crippen MR) is 101 cm³/mol. The van der Waals surface area contributed by atoms with Gasteiger partial charge >= 0.3 is 0 Å². The summed E-state index contributed by atoms with van der Waals surface area (Å²) in [6, 6.07) is 5.90. The van der Waals surface area contributed by atoms with Gasteiger partial charge in [0.05, 0.1) is 39.6 Å². The Balaban J connectivity index is 2.01. The van der Waals surface area contributed by atoms with Crippen molar-refractivity contribution < 1.29 is 24.1 Å². The predicted octanol–water partition coefficient (Wildman–Crippen LogP) is 2.25. The Morgan fingerprint density at radius 3 is 2.81 bits per heavy atom. The van der Waals surface area contributed by atoms with Gasteiger partial charge in [-0.1, -0.05) is 12.1 Å². The van der Waals surface area contributed by atoms with Crippen molar-refractivity contribution in [1.82, 2.24) is 4.90 Å². The fourth-order valence-electron chi connectivity index (χ4n) is 3.16. The van der Waals surface area contributed by atoms with E-state index in [-0.39, 0.29) is 6.10 Å². The summed E-state index contributed by atoms with van der Waals surface area (Å²) in [5.41, 5.74) is 1.10. The molecular formula is C20H31NO5. The van der Waals surface area contributed by atoms with Crippen molar-refractivity contribution >= 4 is 0 Å². The molecule has 1 saturated heterocycles. The number of ether oxygens (including phenoxy) is 4. The number of hydrogen-bond donors (Lipinski definition) is 1. The van der Waals surface area contributed by atoms with Gasteiger partial charge in [0.2, 0.25) is 0 Å². The highest BCUT2D eigenvalue weighted by molar-refractivity contribution is 5.42. The zero-order chi connectivity index (χ0) is 18.8. The molecule has 0 bridgehead atoms. The van der Waals surface area contributed by atoms with E-state index in [9.17, 15) is 5.11 Å². The lowest BCUT2D eigenvalue weighted by Crippen LogP contribution is -2.39. The van der Waals surface area contributed by atoms with E-state index in [2.05, 4.69) is 11.5 Å². The van der Waals surface area contributed by atoms with Crippen LogP contribution in [0.3, 0.4) is 0 Å². The second kappa shape index (κ2) is 11.2. The molecule has 1 N–H and O–H groups in total. The quantitative estimate of drug-likeness (QED) is 0.453. The smallest absolute Gasteiger partial charge is 0.161 e. The van der Waals surface area contributed by atoms with Crippen LogP contribution >= 0.6 is 0 Å². The Kier molecular flexibility index (Phi) is 8.91. The fourth-order valence-corrected chi connectivity index (χ4v) is 3.16. The molecule has 0 amide bonds. The van der Waals surface area contributed by atoms with Crippen LogP contribution in [-0.4, -0.2) is 69.3 Å². The van der Waals surface area contributed by atoms with Gasteiger partial charge in [0.1, 0.15) is 0 Å². The molecule has 1 aromatic rings. The van der Waals surface area contributed by atoms with Crippen molar-refractivity contribution in [2.24, 2.45) is 0 Å². The van der Waals surface area contributed by atoms with Gasteiger partial charge in [-0.05, 0) is 30.5 Å². The molecule has 0 radical (unpaired) electrons. The van der Waals surface area contributed by atoms with Gasteiger partial charge in [0.25, 0.3) is 0 Å². The molecule has 0 saturated carbocycles. The van der Waals surface area contributed by atoms with Crippen molar-refractivity contribution in [1.29, 1.82) is 0 Å². The summed E-state index contributed by atoms with van der Waals surface area (Å²) in [5.74, 6) is 1.41. The number of aliphatic hydroxyl groups excluding tert-OH is 1. The van der Waals surface area contributed by atoms with Crippen molar-refractivity contribution in [3.8, 4) is 11.5 Å². The van der Waals surface area contributed by atoms with Gasteiger partial charge in [-0.15, -0.1) is 6.58 Å². The largest absolute Gasteiger partial charge is 0.493 e. The first kappa shape index (κ1) is 20.7. The van der Waals surface area contributed by atoms with E-state index in [0.717, 1.165) is 31.6 Å². The van der Waals surface area contributed by atoms with Crippen molar-refractivity contribution in [3.63, 3.8) is 0 Å². The molecule has 1 fully saturated rings. The van der Waals surface area contributed by atoms with Gasteiger partial charge in [-0.3, -0.25) is 4.90 Å². The molecule has 1 aliphatic heterocycles. The maximum absolute atomic E-state index is 10.3. The minimum atomic E-state index is -0.559. The number of aliphatic hydroxyl groups is 1. The van der Waals surface area contributed by atoms with Gasteiger partial charge in [-0.25, -0.2) is 0 Å². The molecule has 2 rings (SSSR count). The molecule has 6 nitrogen and oxygen atoms in total. The molecule has 146 valence electrons. The summed E-state index contributed by atoms with van der Waals surface area (Å²) in [7, 11) is 3.26. The van der Waals surface area contributed by atoms with Gasteiger partial charge < -0.3 is 24.1 Å². The molecule has 6 heteroatoms. The highest BCUT2D eigenvalue weighted by Crippen LogP contribution is 2.28. The average Bonchev–Trinajstić information content (AvgIpc) is 3.14. The standard InChI is InChI=1S/C20H31NO5/c1-4-9-25-15-17(22)13-21(14-18-6-5-10-26-18)12-16-7-8-19(23-2)20(11-16)24-3/h4,7-8,11,17-18,22H,1,5-6,9-10,12-15H2,2-3H3/t17-,18+/m0/s1. The fraction of sp³-hybridized carbons (Fsp3) is 0.600. The number of rotatable bonds is 12. The number of methoxy groups -OCH3 is 2. The van der Waals surface area contributed by atoms with Gasteiger partial charge in [0, 0.05) is 26.2 Å². The average molecular weight is 365 g/mol. The summed E-state index contributed by atoms with van der Waals surface area (Å²) in [5, 5.41) is 10.3. The first-order valence-electron chi connectivity index (χ1n) is 9.07. The van der Waals surface area contributed by atoms with Crippen molar-refractivity contribution in [2.75, 3.05) is 47.1 Å². The highest BCUT2D eigenvalue weighted by Gasteiger charge is 2.21. The minimum absolute atomic E-state index is 0.219. The van der Waals surface area contributed by atoms with E-state index in [1.807, 2.05) is 18.2 Å². The summed E-state index contributed by atoms with van der Waals surface area (Å²) >= 11 is 0. The van der Waals surface area contributed by atoms with Crippen LogP contribution in [0.2, 0.25) is 0 Å². The molecule has 26 heavy (non-hydrogen) atoms. The van der Waals surface area contributed by atoms with Gasteiger partial charge in [0.15, 0.2) is 11.5 Å². The summed E-state index contributed by atoms with van der Waals surface area (Å²) in [4.78, 5) is 2.21. The topological polar surface area (TPSA) is 60.4 Å². The van der Waals surface area contributed by atoms with E-state index in [1.165, 1.54) is 0 Å². The van der Waals surface area contributed by atoms with Crippen LogP contribution in [0.15, 0.2) is 30.9 Å². The third-order valence-corrected chi connectivity index (χ3v) is 4.35. The van der Waals surface area contributed by atoms with Crippen LogP contribution in [0.25, 0.3) is 0 Å². The van der Waals surface area contributed by atoms with Crippen molar-refractivity contribution in [3.05, 3.63) is 36.4 Å². The lowest BCUT2D eigenvalue weighted by atomic mass is 10.1. The van der Waals surface area contributed by atoms with Crippen molar-refractivity contribution in [2.45, 2.75) is 31.6 Å². The molecule has 0 unspecified atom stereocenters. The van der Waals surface area contributed by atoms with Crippen LogP contribution in [0.4, 0.5) is 0 Å². The van der Waals surface area contributed by atoms with E-state index < -0.39 is 6.10 Å². The third-order valence-electron chi connectivity index (χ3n) is 4.35. The molecule has 0 aromatic heterocycles. The SMILES string of the molecule is C=CCOC[C@@H](O)CN(Cc1ccc(OC)c(OC)c1)C[C@H]1CCCO1. The monoisotopic (exact) mass is 365 g/mol. The van der Waals surface area contributed by atoms with E-state index in [0.29, 0.717) is 37.8 Å².